The van der Waals surface area contributed by atoms with Crippen LogP contribution in [0.1, 0.15) is 39.0 Å². The maximum atomic E-state index is 12.0. The number of rotatable bonds is 1. The second-order valence-electron chi connectivity index (χ2n) is 5.82. The molecule has 19 heavy (non-hydrogen) atoms. The Morgan fingerprint density at radius 1 is 1.47 bits per heavy atom. The number of ether oxygens (including phenoxy) is 1. The summed E-state index contributed by atoms with van der Waals surface area (Å²) in [5, 5.41) is 4.31. The summed E-state index contributed by atoms with van der Waals surface area (Å²) in [5.74, 6) is 0.417. The number of hydrogen-bond acceptors (Lipinski definition) is 5. The van der Waals surface area contributed by atoms with Crippen LogP contribution in [-0.2, 0) is 17.7 Å². The van der Waals surface area contributed by atoms with Crippen molar-refractivity contribution < 1.29 is 9.53 Å². The molecule has 0 aromatic carbocycles. The van der Waals surface area contributed by atoms with E-state index in [1.165, 1.54) is 4.68 Å². The van der Waals surface area contributed by atoms with E-state index in [0.29, 0.717) is 5.82 Å². The van der Waals surface area contributed by atoms with Crippen LogP contribution in [-0.4, -0.2) is 39.5 Å². The van der Waals surface area contributed by atoms with Crippen molar-refractivity contribution in [2.75, 3.05) is 18.8 Å². The van der Waals surface area contributed by atoms with E-state index in [9.17, 15) is 4.79 Å². The molecular weight excluding hydrogens is 244 g/mol. The fourth-order valence-electron chi connectivity index (χ4n) is 2.19. The lowest BCUT2D eigenvalue weighted by Gasteiger charge is -2.24. The third kappa shape index (κ3) is 2.89. The van der Waals surface area contributed by atoms with Gasteiger partial charge in [-0.25, -0.2) is 4.79 Å². The summed E-state index contributed by atoms with van der Waals surface area (Å²) in [6.07, 6.45) is 0.320. The Bertz CT molecular complexity index is 488. The molecule has 0 fully saturated rings. The second-order valence-corrected chi connectivity index (χ2v) is 5.82. The fraction of sp³-hybridized carbons (Fsp3) is 0.692. The van der Waals surface area contributed by atoms with Crippen molar-refractivity contribution in [3.63, 3.8) is 0 Å². The van der Waals surface area contributed by atoms with Crippen molar-refractivity contribution in [3.8, 4) is 0 Å². The van der Waals surface area contributed by atoms with Crippen LogP contribution in [0.5, 0.6) is 0 Å². The molecule has 1 aliphatic rings. The number of fused-ring (bicyclic) bond motifs is 1. The minimum absolute atomic E-state index is 0.417. The summed E-state index contributed by atoms with van der Waals surface area (Å²) in [4.78, 5) is 14.3. The van der Waals surface area contributed by atoms with Crippen LogP contribution in [0.2, 0.25) is 0 Å². The predicted octanol–water partition coefficient (Wildman–Crippen LogP) is 1.63. The highest BCUT2D eigenvalue weighted by atomic mass is 16.6. The molecule has 0 radical (unpaired) electrons. The molecule has 0 spiro atoms. The maximum Gasteiger partial charge on any atom is 0.437 e. The standard InChI is InChI=1S/C13H22N4O2/c1-5-16-7-6-9-10(8-16)15-17(11(9)14)12(18)19-13(2,3)4/h5-8,14H2,1-4H3. The monoisotopic (exact) mass is 266 g/mol. The molecule has 0 aliphatic carbocycles. The molecule has 0 bridgehead atoms. The quantitative estimate of drug-likeness (QED) is 0.836. The van der Waals surface area contributed by atoms with Crippen molar-refractivity contribution in [1.29, 1.82) is 0 Å². The highest BCUT2D eigenvalue weighted by Crippen LogP contribution is 2.24. The van der Waals surface area contributed by atoms with E-state index in [-0.39, 0.29) is 0 Å². The Labute approximate surface area is 113 Å². The van der Waals surface area contributed by atoms with Gasteiger partial charge in [-0.1, -0.05) is 6.92 Å². The fourth-order valence-corrected chi connectivity index (χ4v) is 2.19. The zero-order valence-corrected chi connectivity index (χ0v) is 12.1. The van der Waals surface area contributed by atoms with Gasteiger partial charge in [0.2, 0.25) is 0 Å². The van der Waals surface area contributed by atoms with Crippen molar-refractivity contribution in [2.24, 2.45) is 0 Å². The van der Waals surface area contributed by atoms with Gasteiger partial charge in [0, 0.05) is 18.7 Å². The topological polar surface area (TPSA) is 73.4 Å². The number of likely N-dealkylation sites (N-methyl/N-ethyl adjacent to an activating group) is 1. The number of nitrogens with zero attached hydrogens (tertiary/aromatic N) is 3. The first-order valence-corrected chi connectivity index (χ1v) is 6.63. The molecule has 6 nitrogen and oxygen atoms in total. The predicted molar refractivity (Wildman–Crippen MR) is 72.9 cm³/mol. The Balaban J connectivity index is 2.25. The molecular formula is C13H22N4O2. The van der Waals surface area contributed by atoms with Crippen molar-refractivity contribution in [2.45, 2.75) is 46.3 Å². The molecule has 0 atom stereocenters. The summed E-state index contributed by atoms with van der Waals surface area (Å²) in [6.45, 7) is 10.2. The molecule has 2 heterocycles. The van der Waals surface area contributed by atoms with Crippen LogP contribution in [0.25, 0.3) is 0 Å². The molecule has 0 saturated heterocycles. The van der Waals surface area contributed by atoms with Gasteiger partial charge in [0.25, 0.3) is 0 Å². The van der Waals surface area contributed by atoms with Gasteiger partial charge in [0.15, 0.2) is 0 Å². The minimum Gasteiger partial charge on any atom is -0.442 e. The summed E-state index contributed by atoms with van der Waals surface area (Å²) in [7, 11) is 0. The number of anilines is 1. The largest absolute Gasteiger partial charge is 0.442 e. The Kier molecular flexibility index (Phi) is 3.54. The molecule has 0 amide bonds. The first kappa shape index (κ1) is 13.9. The second kappa shape index (κ2) is 4.85. The molecule has 0 unspecified atom stereocenters. The van der Waals surface area contributed by atoms with Gasteiger partial charge >= 0.3 is 6.09 Å². The molecule has 1 aromatic heterocycles. The van der Waals surface area contributed by atoms with Crippen molar-refractivity contribution in [3.05, 3.63) is 11.3 Å². The molecule has 2 N–H and O–H groups in total. The van der Waals surface area contributed by atoms with E-state index in [2.05, 4.69) is 16.9 Å². The van der Waals surface area contributed by atoms with E-state index in [1.807, 2.05) is 20.8 Å². The van der Waals surface area contributed by atoms with Gasteiger partial charge < -0.3 is 10.5 Å². The smallest absolute Gasteiger partial charge is 0.437 e. The van der Waals surface area contributed by atoms with Gasteiger partial charge in [0.05, 0.1) is 5.69 Å². The molecule has 0 saturated carbocycles. The molecule has 1 aliphatic heterocycles. The van der Waals surface area contributed by atoms with Crippen molar-refractivity contribution >= 4 is 11.9 Å². The SMILES string of the molecule is CCN1CCc2c(nn(C(=O)OC(C)(C)C)c2N)C1. The Morgan fingerprint density at radius 2 is 2.16 bits per heavy atom. The number of aromatic nitrogens is 2. The third-order valence-electron chi connectivity index (χ3n) is 3.17. The lowest BCUT2D eigenvalue weighted by molar-refractivity contribution is 0.0518. The van der Waals surface area contributed by atoms with Crippen LogP contribution in [0.4, 0.5) is 10.6 Å². The summed E-state index contributed by atoms with van der Waals surface area (Å²) < 4.78 is 6.49. The number of carbonyl (C=O) groups is 1. The zero-order valence-electron chi connectivity index (χ0n) is 12.1. The average molecular weight is 266 g/mol. The van der Waals surface area contributed by atoms with Crippen LogP contribution in [0.3, 0.4) is 0 Å². The van der Waals surface area contributed by atoms with Crippen molar-refractivity contribution in [1.82, 2.24) is 14.7 Å². The van der Waals surface area contributed by atoms with Gasteiger partial charge in [-0.05, 0) is 33.7 Å². The van der Waals surface area contributed by atoms with Gasteiger partial charge in [-0.3, -0.25) is 4.90 Å². The van der Waals surface area contributed by atoms with Gasteiger partial charge in [-0.2, -0.15) is 5.10 Å². The first-order valence-electron chi connectivity index (χ1n) is 6.63. The van der Waals surface area contributed by atoms with E-state index in [1.54, 1.807) is 0 Å². The van der Waals surface area contributed by atoms with Crippen LogP contribution in [0, 0.1) is 0 Å². The molecule has 2 rings (SSSR count). The first-order chi connectivity index (χ1) is 8.81. The lowest BCUT2D eigenvalue weighted by atomic mass is 10.1. The summed E-state index contributed by atoms with van der Waals surface area (Å²) >= 11 is 0. The number of hydrogen-bond donors (Lipinski definition) is 1. The molecule has 106 valence electrons. The number of nitrogen functional groups attached to an aromatic ring is 1. The highest BCUT2D eigenvalue weighted by molar-refractivity contribution is 5.75. The van der Waals surface area contributed by atoms with E-state index in [4.69, 9.17) is 10.5 Å². The Morgan fingerprint density at radius 3 is 2.74 bits per heavy atom. The number of carbonyl (C=O) groups excluding carboxylic acids is 1. The van der Waals surface area contributed by atoms with E-state index >= 15 is 0 Å². The average Bonchev–Trinajstić information content (AvgIpc) is 2.64. The van der Waals surface area contributed by atoms with Crippen LogP contribution >= 0.6 is 0 Å². The third-order valence-corrected chi connectivity index (χ3v) is 3.17. The van der Waals surface area contributed by atoms with Crippen LogP contribution in [0.15, 0.2) is 0 Å². The van der Waals surface area contributed by atoms with Gasteiger partial charge in [-0.15, -0.1) is 4.68 Å². The molecule has 6 heteroatoms. The van der Waals surface area contributed by atoms with Gasteiger partial charge in [0.1, 0.15) is 11.4 Å². The van der Waals surface area contributed by atoms with E-state index in [0.717, 1.165) is 37.3 Å². The lowest BCUT2D eigenvalue weighted by Crippen LogP contribution is -2.30. The van der Waals surface area contributed by atoms with Crippen LogP contribution < -0.4 is 5.73 Å². The summed E-state index contributed by atoms with van der Waals surface area (Å²) in [5.41, 5.74) is 7.33. The maximum absolute atomic E-state index is 12.0. The zero-order chi connectivity index (χ0) is 14.2. The Hall–Kier alpha value is -1.56. The molecule has 1 aromatic rings. The minimum atomic E-state index is -0.550. The summed E-state index contributed by atoms with van der Waals surface area (Å²) in [6, 6.07) is 0. The normalized spacial score (nSPS) is 16.2. The number of nitrogens with two attached hydrogens (primary N) is 1. The van der Waals surface area contributed by atoms with E-state index < -0.39 is 11.7 Å². The highest BCUT2D eigenvalue weighted by Gasteiger charge is 2.27.